The van der Waals surface area contributed by atoms with Crippen molar-refractivity contribution >= 4 is 0 Å². The molecule has 5 heteroatoms. The van der Waals surface area contributed by atoms with Crippen molar-refractivity contribution in [3.8, 4) is 0 Å². The van der Waals surface area contributed by atoms with Gasteiger partial charge in [0.15, 0.2) is 0 Å². The lowest BCUT2D eigenvalue weighted by Gasteiger charge is -2.49. The highest BCUT2D eigenvalue weighted by molar-refractivity contribution is 4.91. The summed E-state index contributed by atoms with van der Waals surface area (Å²) in [6.45, 7) is 19.1. The molecule has 0 aliphatic carbocycles. The first-order valence-corrected chi connectivity index (χ1v) is 11.1. The third-order valence-corrected chi connectivity index (χ3v) is 7.56. The maximum Gasteiger partial charge on any atom is 0.0634 e. The van der Waals surface area contributed by atoms with Gasteiger partial charge in [0.05, 0.1) is 13.2 Å². The van der Waals surface area contributed by atoms with Gasteiger partial charge in [-0.3, -0.25) is 19.6 Å². The van der Waals surface area contributed by atoms with Gasteiger partial charge in [-0.2, -0.15) is 0 Å². The zero-order valence-electron chi connectivity index (χ0n) is 17.3. The van der Waals surface area contributed by atoms with E-state index in [0.717, 1.165) is 37.8 Å². The van der Waals surface area contributed by atoms with E-state index in [0.29, 0.717) is 12.1 Å². The molecule has 0 aromatic heterocycles. The Balaban J connectivity index is 1.27. The maximum absolute atomic E-state index is 5.73. The first-order valence-electron chi connectivity index (χ1n) is 11.1. The van der Waals surface area contributed by atoms with Gasteiger partial charge in [-0.15, -0.1) is 0 Å². The average Bonchev–Trinajstić information content (AvgIpc) is 2.67. The molecule has 0 spiro atoms. The van der Waals surface area contributed by atoms with Gasteiger partial charge in [0.1, 0.15) is 0 Å². The third kappa shape index (κ3) is 4.27. The molecule has 4 heterocycles. The van der Waals surface area contributed by atoms with Crippen molar-refractivity contribution in [2.24, 2.45) is 5.92 Å². The molecule has 4 fully saturated rings. The zero-order valence-corrected chi connectivity index (χ0v) is 17.3. The van der Waals surface area contributed by atoms with Crippen molar-refractivity contribution in [3.05, 3.63) is 0 Å². The molecule has 4 aliphatic rings. The van der Waals surface area contributed by atoms with Crippen LogP contribution in [0.15, 0.2) is 0 Å². The lowest BCUT2D eigenvalue weighted by molar-refractivity contribution is -0.0550. The topological polar surface area (TPSA) is 22.2 Å². The first kappa shape index (κ1) is 19.1. The summed E-state index contributed by atoms with van der Waals surface area (Å²) < 4.78 is 5.73. The van der Waals surface area contributed by atoms with E-state index in [1.165, 1.54) is 65.1 Å². The normalized spacial score (nSPS) is 36.7. The van der Waals surface area contributed by atoms with Gasteiger partial charge in [-0.25, -0.2) is 0 Å². The quantitative estimate of drug-likeness (QED) is 0.753. The van der Waals surface area contributed by atoms with Crippen molar-refractivity contribution in [1.82, 2.24) is 19.6 Å². The fraction of sp³-hybridized carbons (Fsp3) is 1.00. The average molecular weight is 365 g/mol. The molecule has 150 valence electrons. The number of fused-ring (bicyclic) bond motifs is 2. The van der Waals surface area contributed by atoms with E-state index in [1.807, 2.05) is 0 Å². The molecule has 4 saturated heterocycles. The Morgan fingerprint density at radius 1 is 0.846 bits per heavy atom. The van der Waals surface area contributed by atoms with Gasteiger partial charge in [0.25, 0.3) is 0 Å². The fourth-order valence-electron chi connectivity index (χ4n) is 5.77. The molecule has 0 bridgehead atoms. The Kier molecular flexibility index (Phi) is 6.21. The molecule has 0 amide bonds. The Morgan fingerprint density at radius 2 is 1.58 bits per heavy atom. The standard InChI is InChI=1S/C21H40N4O/c1-17(2)24-8-6-22-5-4-19(13-20(22)14-24)12-18(3)25-9-7-23-10-11-26-16-21(23)15-25/h17-21H,4-16H2,1-3H3. The number of hydrogen-bond acceptors (Lipinski definition) is 5. The smallest absolute Gasteiger partial charge is 0.0634 e. The molecule has 0 aromatic carbocycles. The molecular formula is C21H40N4O. The monoisotopic (exact) mass is 364 g/mol. The number of ether oxygens (including phenoxy) is 1. The number of morpholine rings is 1. The van der Waals surface area contributed by atoms with Crippen LogP contribution in [0.1, 0.15) is 40.0 Å². The van der Waals surface area contributed by atoms with Crippen molar-refractivity contribution in [2.75, 3.05) is 65.6 Å². The van der Waals surface area contributed by atoms with Crippen molar-refractivity contribution in [1.29, 1.82) is 0 Å². The van der Waals surface area contributed by atoms with Gasteiger partial charge in [-0.1, -0.05) is 0 Å². The molecule has 0 aromatic rings. The largest absolute Gasteiger partial charge is 0.378 e. The van der Waals surface area contributed by atoms with Crippen LogP contribution >= 0.6 is 0 Å². The predicted molar refractivity (Wildman–Crippen MR) is 107 cm³/mol. The van der Waals surface area contributed by atoms with Gasteiger partial charge in [-0.05, 0) is 52.5 Å². The Hall–Kier alpha value is -0.200. The summed E-state index contributed by atoms with van der Waals surface area (Å²) in [5.74, 6) is 0.916. The van der Waals surface area contributed by atoms with Crippen molar-refractivity contribution in [2.45, 2.75) is 64.2 Å². The molecule has 5 nitrogen and oxygen atoms in total. The first-order chi connectivity index (χ1) is 12.6. The minimum absolute atomic E-state index is 0.639. The van der Waals surface area contributed by atoms with Crippen LogP contribution in [0.4, 0.5) is 0 Å². The SMILES string of the molecule is CC(C)N1CCN2CCC(CC(C)N3CCN4CCOCC4C3)CC2C1. The predicted octanol–water partition coefficient (Wildman–Crippen LogP) is 1.59. The van der Waals surface area contributed by atoms with E-state index in [1.54, 1.807) is 0 Å². The molecule has 0 saturated carbocycles. The molecule has 4 atom stereocenters. The second-order valence-electron chi connectivity index (χ2n) is 9.51. The lowest BCUT2D eigenvalue weighted by Crippen LogP contribution is -2.60. The van der Waals surface area contributed by atoms with E-state index in [4.69, 9.17) is 4.74 Å². The molecule has 0 radical (unpaired) electrons. The summed E-state index contributed by atoms with van der Waals surface area (Å²) in [4.78, 5) is 10.9. The van der Waals surface area contributed by atoms with E-state index in [2.05, 4.69) is 40.4 Å². The highest BCUT2D eigenvalue weighted by Gasteiger charge is 2.36. The van der Waals surface area contributed by atoms with Crippen LogP contribution in [0.5, 0.6) is 0 Å². The van der Waals surface area contributed by atoms with Crippen LogP contribution in [0.2, 0.25) is 0 Å². The second kappa shape index (κ2) is 8.44. The van der Waals surface area contributed by atoms with Crippen molar-refractivity contribution in [3.63, 3.8) is 0 Å². The molecule has 26 heavy (non-hydrogen) atoms. The Labute approximate surface area is 160 Å². The second-order valence-corrected chi connectivity index (χ2v) is 9.51. The van der Waals surface area contributed by atoms with Crippen LogP contribution in [-0.2, 0) is 4.74 Å². The van der Waals surface area contributed by atoms with E-state index >= 15 is 0 Å². The number of nitrogens with zero attached hydrogens (tertiary/aromatic N) is 4. The summed E-state index contributed by atoms with van der Waals surface area (Å²) in [5.41, 5.74) is 0. The van der Waals surface area contributed by atoms with Crippen LogP contribution < -0.4 is 0 Å². The summed E-state index contributed by atoms with van der Waals surface area (Å²) in [6, 6.07) is 2.87. The minimum Gasteiger partial charge on any atom is -0.378 e. The van der Waals surface area contributed by atoms with E-state index in [-0.39, 0.29) is 0 Å². The highest BCUT2D eigenvalue weighted by Crippen LogP contribution is 2.31. The molecular weight excluding hydrogens is 324 g/mol. The Morgan fingerprint density at radius 3 is 2.38 bits per heavy atom. The maximum atomic E-state index is 5.73. The summed E-state index contributed by atoms with van der Waals surface area (Å²) in [6.07, 6.45) is 4.22. The zero-order chi connectivity index (χ0) is 18.1. The van der Waals surface area contributed by atoms with E-state index in [9.17, 15) is 0 Å². The number of rotatable bonds is 4. The van der Waals surface area contributed by atoms with Gasteiger partial charge in [0.2, 0.25) is 0 Å². The number of piperidine rings is 1. The summed E-state index contributed by atoms with van der Waals surface area (Å²) in [7, 11) is 0. The lowest BCUT2D eigenvalue weighted by atomic mass is 9.84. The number of piperazine rings is 2. The highest BCUT2D eigenvalue weighted by atomic mass is 16.5. The summed E-state index contributed by atoms with van der Waals surface area (Å²) in [5, 5.41) is 0. The van der Waals surface area contributed by atoms with Crippen molar-refractivity contribution < 1.29 is 4.74 Å². The molecule has 4 rings (SSSR count). The number of hydrogen-bond donors (Lipinski definition) is 0. The molecule has 4 aliphatic heterocycles. The summed E-state index contributed by atoms with van der Waals surface area (Å²) >= 11 is 0. The van der Waals surface area contributed by atoms with E-state index < -0.39 is 0 Å². The van der Waals surface area contributed by atoms with Gasteiger partial charge < -0.3 is 4.74 Å². The van der Waals surface area contributed by atoms with Gasteiger partial charge >= 0.3 is 0 Å². The van der Waals surface area contributed by atoms with Crippen LogP contribution in [-0.4, -0.2) is 109 Å². The van der Waals surface area contributed by atoms with Crippen LogP contribution in [0.25, 0.3) is 0 Å². The van der Waals surface area contributed by atoms with Crippen LogP contribution in [0, 0.1) is 5.92 Å². The van der Waals surface area contributed by atoms with Gasteiger partial charge in [0, 0.05) is 70.0 Å². The third-order valence-electron chi connectivity index (χ3n) is 7.56. The molecule has 0 N–H and O–H groups in total. The fourth-order valence-corrected chi connectivity index (χ4v) is 5.77. The van der Waals surface area contributed by atoms with Crippen LogP contribution in [0.3, 0.4) is 0 Å². The minimum atomic E-state index is 0.639. The Bertz CT molecular complexity index is 459. The molecule has 4 unspecified atom stereocenters.